The number of hydrogen-bond donors (Lipinski definition) is 2. The Kier molecular flexibility index (Phi) is 5.47. The molecule has 2 aromatic carbocycles. The molecule has 2 N–H and O–H groups in total. The van der Waals surface area contributed by atoms with Crippen molar-refractivity contribution in [1.29, 1.82) is 0 Å². The van der Waals surface area contributed by atoms with Crippen LogP contribution in [0.5, 0.6) is 5.75 Å². The van der Waals surface area contributed by atoms with E-state index >= 15 is 0 Å². The van der Waals surface area contributed by atoms with Gasteiger partial charge in [-0.15, -0.1) is 0 Å². The fourth-order valence-electron chi connectivity index (χ4n) is 3.67. The van der Waals surface area contributed by atoms with E-state index in [0.717, 1.165) is 16.4 Å². The van der Waals surface area contributed by atoms with Crippen LogP contribution in [0.2, 0.25) is 10.0 Å². The van der Waals surface area contributed by atoms with Gasteiger partial charge in [0.25, 0.3) is 5.91 Å². The lowest BCUT2D eigenvalue weighted by molar-refractivity contribution is -0.114. The number of benzene rings is 2. The van der Waals surface area contributed by atoms with Crippen molar-refractivity contribution in [2.75, 3.05) is 17.7 Å². The van der Waals surface area contributed by atoms with Crippen molar-refractivity contribution >= 4 is 68.2 Å². The van der Waals surface area contributed by atoms with Gasteiger partial charge in [-0.1, -0.05) is 23.2 Å². The molecule has 0 spiro atoms. The molecule has 0 bridgehead atoms. The number of carbonyl (C=O) groups is 2. The summed E-state index contributed by atoms with van der Waals surface area (Å²) in [6.45, 7) is 1.44. The lowest BCUT2D eigenvalue weighted by Gasteiger charge is -2.11. The van der Waals surface area contributed by atoms with E-state index in [0.29, 0.717) is 22.4 Å². The monoisotopic (exact) mass is 456 g/mol. The summed E-state index contributed by atoms with van der Waals surface area (Å²) in [5.41, 5.74) is 2.94. The number of nitrogens with one attached hydrogen (secondary N) is 2. The van der Waals surface area contributed by atoms with Gasteiger partial charge in [0, 0.05) is 53.9 Å². The summed E-state index contributed by atoms with van der Waals surface area (Å²) in [5, 5.41) is 7.50. The van der Waals surface area contributed by atoms with E-state index in [1.54, 1.807) is 19.2 Å². The van der Waals surface area contributed by atoms with Gasteiger partial charge in [0.15, 0.2) is 0 Å². The number of aromatic nitrogens is 2. The molecule has 2 heterocycles. The van der Waals surface area contributed by atoms with E-state index in [-0.39, 0.29) is 27.5 Å². The van der Waals surface area contributed by atoms with Crippen molar-refractivity contribution in [3.05, 3.63) is 58.3 Å². The first kappa shape index (κ1) is 21.0. The van der Waals surface area contributed by atoms with Crippen LogP contribution in [0.25, 0.3) is 21.8 Å². The van der Waals surface area contributed by atoms with Gasteiger partial charge in [-0.25, -0.2) is 0 Å². The molecule has 4 aromatic rings. The van der Waals surface area contributed by atoms with Crippen molar-refractivity contribution in [2.45, 2.75) is 6.92 Å². The molecule has 9 heteroatoms. The topological polar surface area (TPSA) is 85.2 Å². The van der Waals surface area contributed by atoms with Crippen molar-refractivity contribution in [3.8, 4) is 5.75 Å². The average Bonchev–Trinajstić information content (AvgIpc) is 3.02. The first-order chi connectivity index (χ1) is 14.8. The summed E-state index contributed by atoms with van der Waals surface area (Å²) >= 11 is 12.3. The second kappa shape index (κ2) is 8.09. The average molecular weight is 457 g/mol. The van der Waals surface area contributed by atoms with Gasteiger partial charge < -0.3 is 19.9 Å². The fraction of sp³-hybridized carbons (Fsp3) is 0.136. The van der Waals surface area contributed by atoms with Crippen LogP contribution in [0.3, 0.4) is 0 Å². The van der Waals surface area contributed by atoms with Crippen molar-refractivity contribution in [1.82, 2.24) is 9.55 Å². The molecule has 7 nitrogen and oxygen atoms in total. The van der Waals surface area contributed by atoms with Crippen LogP contribution in [0, 0.1) is 0 Å². The Labute approximate surface area is 187 Å². The third-order valence-corrected chi connectivity index (χ3v) is 5.55. The van der Waals surface area contributed by atoms with Gasteiger partial charge in [0.05, 0.1) is 28.4 Å². The van der Waals surface area contributed by atoms with Crippen LogP contribution < -0.4 is 15.4 Å². The summed E-state index contributed by atoms with van der Waals surface area (Å²) in [4.78, 5) is 28.7. The molecule has 0 aliphatic rings. The van der Waals surface area contributed by atoms with E-state index in [2.05, 4.69) is 15.6 Å². The first-order valence-electron chi connectivity index (χ1n) is 9.29. The first-order valence-corrected chi connectivity index (χ1v) is 10.0. The maximum atomic E-state index is 13.3. The van der Waals surface area contributed by atoms with Crippen LogP contribution in [-0.2, 0) is 11.8 Å². The van der Waals surface area contributed by atoms with Crippen LogP contribution in [0.15, 0.2) is 42.7 Å². The van der Waals surface area contributed by atoms with Crippen LogP contribution >= 0.6 is 23.2 Å². The molecule has 0 saturated heterocycles. The molecule has 158 valence electrons. The number of carbonyl (C=O) groups excluding carboxylic acids is 2. The molecule has 0 aliphatic carbocycles. The number of halogens is 2. The summed E-state index contributed by atoms with van der Waals surface area (Å²) in [6, 6.07) is 8.95. The van der Waals surface area contributed by atoms with E-state index in [9.17, 15) is 9.59 Å². The highest BCUT2D eigenvalue weighted by Gasteiger charge is 2.21. The summed E-state index contributed by atoms with van der Waals surface area (Å²) in [7, 11) is 3.47. The summed E-state index contributed by atoms with van der Waals surface area (Å²) in [5.74, 6) is 0.0449. The molecule has 4 rings (SSSR count). The lowest BCUT2D eigenvalue weighted by Crippen LogP contribution is -2.13. The third kappa shape index (κ3) is 3.66. The van der Waals surface area contributed by atoms with Gasteiger partial charge in [0.1, 0.15) is 5.75 Å². The van der Waals surface area contributed by atoms with E-state index in [4.69, 9.17) is 27.9 Å². The van der Waals surface area contributed by atoms with Crippen LogP contribution in [0.4, 0.5) is 11.4 Å². The van der Waals surface area contributed by atoms with E-state index in [1.807, 2.05) is 29.8 Å². The molecule has 0 fully saturated rings. The minimum Gasteiger partial charge on any atom is -0.495 e. The van der Waals surface area contributed by atoms with E-state index < -0.39 is 0 Å². The second-order valence-electron chi connectivity index (χ2n) is 6.94. The maximum Gasteiger partial charge on any atom is 0.256 e. The Morgan fingerprint density at radius 3 is 2.42 bits per heavy atom. The Morgan fingerprint density at radius 2 is 1.77 bits per heavy atom. The van der Waals surface area contributed by atoms with Crippen LogP contribution in [0.1, 0.15) is 17.3 Å². The van der Waals surface area contributed by atoms with Gasteiger partial charge in [-0.2, -0.15) is 0 Å². The number of nitrogens with zero attached hydrogens (tertiary/aromatic N) is 2. The van der Waals surface area contributed by atoms with Crippen molar-refractivity contribution < 1.29 is 14.3 Å². The molecule has 0 radical (unpaired) electrons. The Morgan fingerprint density at radius 1 is 1.06 bits per heavy atom. The number of rotatable bonds is 4. The molecule has 2 aromatic heterocycles. The normalized spacial score (nSPS) is 11.0. The summed E-state index contributed by atoms with van der Waals surface area (Å²) in [6.07, 6.45) is 2.81. The van der Waals surface area contributed by atoms with Gasteiger partial charge in [-0.05, 0) is 30.3 Å². The Balaban J connectivity index is 1.95. The number of amides is 2. The van der Waals surface area contributed by atoms with Gasteiger partial charge in [0.2, 0.25) is 5.91 Å². The predicted molar refractivity (Wildman–Crippen MR) is 123 cm³/mol. The quantitative estimate of drug-likeness (QED) is 0.438. The number of hydrogen-bond acceptors (Lipinski definition) is 4. The fourth-order valence-corrected chi connectivity index (χ4v) is 4.13. The molecule has 0 aliphatic heterocycles. The van der Waals surface area contributed by atoms with Crippen molar-refractivity contribution in [3.63, 3.8) is 0 Å². The maximum absolute atomic E-state index is 13.3. The Hall–Kier alpha value is -3.29. The number of ether oxygens (including phenoxy) is 1. The SMILES string of the molecule is COc1ccc(C(=O)Nc2c(Cl)cncc2Cl)c2c3cc(NC(C)=O)ccc3n(C)c12. The number of fused-ring (bicyclic) bond motifs is 3. The minimum absolute atomic E-state index is 0.183. The molecular formula is C22H18Cl2N4O3. The molecular weight excluding hydrogens is 439 g/mol. The number of anilines is 2. The van der Waals surface area contributed by atoms with Gasteiger partial charge >= 0.3 is 0 Å². The predicted octanol–water partition coefficient (Wildman–Crippen LogP) is 5.25. The Bertz CT molecular complexity index is 1340. The highest BCUT2D eigenvalue weighted by Crippen LogP contribution is 2.38. The third-order valence-electron chi connectivity index (χ3n) is 4.98. The molecule has 2 amide bonds. The second-order valence-corrected chi connectivity index (χ2v) is 7.76. The molecule has 31 heavy (non-hydrogen) atoms. The number of aryl methyl sites for hydroxylation is 1. The number of pyridine rings is 1. The number of methoxy groups -OCH3 is 1. The molecule has 0 atom stereocenters. The highest BCUT2D eigenvalue weighted by atomic mass is 35.5. The largest absolute Gasteiger partial charge is 0.495 e. The lowest BCUT2D eigenvalue weighted by atomic mass is 10.0. The summed E-state index contributed by atoms with van der Waals surface area (Å²) < 4.78 is 7.50. The van der Waals surface area contributed by atoms with Crippen LogP contribution in [-0.4, -0.2) is 28.5 Å². The zero-order chi connectivity index (χ0) is 22.3. The molecule has 0 unspecified atom stereocenters. The van der Waals surface area contributed by atoms with Crippen molar-refractivity contribution in [2.24, 2.45) is 7.05 Å². The highest BCUT2D eigenvalue weighted by molar-refractivity contribution is 6.40. The van der Waals surface area contributed by atoms with Gasteiger partial charge in [-0.3, -0.25) is 14.6 Å². The van der Waals surface area contributed by atoms with E-state index in [1.165, 1.54) is 19.3 Å². The molecule has 0 saturated carbocycles. The standard InChI is InChI=1S/C22H18Cl2N4O3/c1-11(29)26-12-4-6-17-14(8-12)19-13(5-7-18(31-3)21(19)28(17)2)22(30)27-20-15(23)9-25-10-16(20)24/h4-10H,1-3H3,(H,26,29)(H,25,27,30). The minimum atomic E-state index is -0.389. The zero-order valence-electron chi connectivity index (χ0n) is 16.9. The zero-order valence-corrected chi connectivity index (χ0v) is 18.4. The smallest absolute Gasteiger partial charge is 0.256 e.